The van der Waals surface area contributed by atoms with Crippen LogP contribution in [0.2, 0.25) is 0 Å². The van der Waals surface area contributed by atoms with E-state index in [1.807, 2.05) is 6.07 Å². The molecule has 0 radical (unpaired) electrons. The first-order chi connectivity index (χ1) is 6.50. The molecule has 0 saturated carbocycles. The van der Waals surface area contributed by atoms with Crippen LogP contribution in [-0.4, -0.2) is 11.1 Å². The average molecular weight is 257 g/mol. The van der Waals surface area contributed by atoms with Crippen molar-refractivity contribution in [3.05, 3.63) is 33.8 Å². The summed E-state index contributed by atoms with van der Waals surface area (Å²) in [5, 5.41) is 8.89. The molecule has 0 aliphatic heterocycles. The van der Waals surface area contributed by atoms with Crippen LogP contribution in [0.3, 0.4) is 0 Å². The second kappa shape index (κ2) is 4.60. The lowest BCUT2D eigenvalue weighted by Crippen LogP contribution is -2.01. The molecule has 0 fully saturated rings. The Labute approximate surface area is 92.1 Å². The molecule has 0 aromatic heterocycles. The van der Waals surface area contributed by atoms with Crippen LogP contribution in [0.5, 0.6) is 0 Å². The lowest BCUT2D eigenvalue weighted by Gasteiger charge is -2.06. The van der Waals surface area contributed by atoms with Crippen molar-refractivity contribution in [3.63, 3.8) is 0 Å². The molecule has 0 amide bonds. The number of benzene rings is 1. The molecule has 0 spiro atoms. The first kappa shape index (κ1) is 11.2. The highest BCUT2D eigenvalue weighted by molar-refractivity contribution is 9.10. The maximum Gasteiger partial charge on any atom is 0.336 e. The predicted octanol–water partition coefficient (Wildman–Crippen LogP) is 3.35. The van der Waals surface area contributed by atoms with Crippen molar-refractivity contribution in [2.24, 2.45) is 5.92 Å². The number of rotatable bonds is 3. The molecule has 1 aromatic carbocycles. The van der Waals surface area contributed by atoms with Gasteiger partial charge in [0.2, 0.25) is 0 Å². The van der Waals surface area contributed by atoms with Gasteiger partial charge in [-0.15, -0.1) is 0 Å². The standard InChI is InChI=1S/C11H13BrO2/c1-7(2)5-8-3-4-10(12)9(6-8)11(13)14/h3-4,6-7H,5H2,1-2H3,(H,13,14). The lowest BCUT2D eigenvalue weighted by molar-refractivity contribution is 0.0695. The summed E-state index contributed by atoms with van der Waals surface area (Å²) in [6.07, 6.45) is 0.910. The van der Waals surface area contributed by atoms with Crippen molar-refractivity contribution >= 4 is 21.9 Å². The van der Waals surface area contributed by atoms with E-state index in [2.05, 4.69) is 29.8 Å². The van der Waals surface area contributed by atoms with Gasteiger partial charge >= 0.3 is 5.97 Å². The van der Waals surface area contributed by atoms with E-state index in [0.29, 0.717) is 16.0 Å². The van der Waals surface area contributed by atoms with E-state index in [-0.39, 0.29) is 0 Å². The van der Waals surface area contributed by atoms with Gasteiger partial charge in [0.25, 0.3) is 0 Å². The number of carboxylic acid groups (broad SMARTS) is 1. The van der Waals surface area contributed by atoms with Crippen molar-refractivity contribution in [2.45, 2.75) is 20.3 Å². The van der Waals surface area contributed by atoms with Gasteiger partial charge in [-0.3, -0.25) is 0 Å². The van der Waals surface area contributed by atoms with Crippen molar-refractivity contribution in [1.82, 2.24) is 0 Å². The number of hydrogen-bond acceptors (Lipinski definition) is 1. The topological polar surface area (TPSA) is 37.3 Å². The molecule has 0 unspecified atom stereocenters. The molecular weight excluding hydrogens is 244 g/mol. The van der Waals surface area contributed by atoms with E-state index < -0.39 is 5.97 Å². The second-order valence-electron chi connectivity index (χ2n) is 3.72. The van der Waals surface area contributed by atoms with Gasteiger partial charge in [-0.1, -0.05) is 19.9 Å². The zero-order valence-electron chi connectivity index (χ0n) is 8.25. The highest BCUT2D eigenvalue weighted by Crippen LogP contribution is 2.19. The number of aromatic carboxylic acids is 1. The molecule has 0 bridgehead atoms. The Morgan fingerprint density at radius 3 is 2.64 bits per heavy atom. The Morgan fingerprint density at radius 2 is 2.14 bits per heavy atom. The summed E-state index contributed by atoms with van der Waals surface area (Å²) in [6.45, 7) is 4.23. The van der Waals surface area contributed by atoms with Gasteiger partial charge in [-0.2, -0.15) is 0 Å². The van der Waals surface area contributed by atoms with Gasteiger partial charge in [0.05, 0.1) is 5.56 Å². The van der Waals surface area contributed by atoms with Gasteiger partial charge in [0.1, 0.15) is 0 Å². The number of carbonyl (C=O) groups is 1. The fourth-order valence-electron chi connectivity index (χ4n) is 1.33. The van der Waals surface area contributed by atoms with Crippen molar-refractivity contribution in [3.8, 4) is 0 Å². The van der Waals surface area contributed by atoms with Gasteiger partial charge in [-0.05, 0) is 46.0 Å². The van der Waals surface area contributed by atoms with Crippen LogP contribution in [0.1, 0.15) is 29.8 Å². The Kier molecular flexibility index (Phi) is 3.69. The fourth-order valence-corrected chi connectivity index (χ4v) is 1.75. The summed E-state index contributed by atoms with van der Waals surface area (Å²) < 4.78 is 0.637. The zero-order chi connectivity index (χ0) is 10.7. The third-order valence-electron chi connectivity index (χ3n) is 1.91. The third-order valence-corrected chi connectivity index (χ3v) is 2.60. The first-order valence-electron chi connectivity index (χ1n) is 4.52. The fraction of sp³-hybridized carbons (Fsp3) is 0.364. The van der Waals surface area contributed by atoms with Crippen molar-refractivity contribution in [1.29, 1.82) is 0 Å². The van der Waals surface area contributed by atoms with E-state index in [9.17, 15) is 4.79 Å². The molecule has 0 aliphatic carbocycles. The van der Waals surface area contributed by atoms with Gasteiger partial charge < -0.3 is 5.11 Å². The van der Waals surface area contributed by atoms with Gasteiger partial charge in [-0.25, -0.2) is 4.79 Å². The van der Waals surface area contributed by atoms with Crippen LogP contribution in [0, 0.1) is 5.92 Å². The maximum absolute atomic E-state index is 10.8. The smallest absolute Gasteiger partial charge is 0.336 e. The van der Waals surface area contributed by atoms with Crippen LogP contribution in [0.25, 0.3) is 0 Å². The Hall–Kier alpha value is -0.830. The molecule has 14 heavy (non-hydrogen) atoms. The van der Waals surface area contributed by atoms with Crippen LogP contribution in [0.4, 0.5) is 0 Å². The lowest BCUT2D eigenvalue weighted by atomic mass is 10.0. The summed E-state index contributed by atoms with van der Waals surface area (Å²) in [5.74, 6) is -0.347. The molecule has 0 aliphatic rings. The Bertz CT molecular complexity index is 345. The highest BCUT2D eigenvalue weighted by atomic mass is 79.9. The van der Waals surface area contributed by atoms with Crippen molar-refractivity contribution in [2.75, 3.05) is 0 Å². The average Bonchev–Trinajstić information content (AvgIpc) is 2.07. The van der Waals surface area contributed by atoms with E-state index in [1.165, 1.54) is 0 Å². The van der Waals surface area contributed by atoms with Crippen LogP contribution >= 0.6 is 15.9 Å². The molecule has 1 rings (SSSR count). The van der Waals surface area contributed by atoms with E-state index >= 15 is 0 Å². The molecule has 1 aromatic rings. The molecule has 76 valence electrons. The minimum atomic E-state index is -0.887. The number of hydrogen-bond donors (Lipinski definition) is 1. The monoisotopic (exact) mass is 256 g/mol. The molecule has 0 atom stereocenters. The molecule has 0 heterocycles. The Balaban J connectivity index is 3.00. The number of carboxylic acids is 1. The summed E-state index contributed by atoms with van der Waals surface area (Å²) >= 11 is 3.22. The van der Waals surface area contributed by atoms with E-state index in [0.717, 1.165) is 12.0 Å². The molecular formula is C11H13BrO2. The van der Waals surface area contributed by atoms with Crippen LogP contribution < -0.4 is 0 Å². The van der Waals surface area contributed by atoms with E-state index in [1.54, 1.807) is 12.1 Å². The second-order valence-corrected chi connectivity index (χ2v) is 4.57. The normalized spacial score (nSPS) is 10.6. The zero-order valence-corrected chi connectivity index (χ0v) is 9.84. The first-order valence-corrected chi connectivity index (χ1v) is 5.31. The van der Waals surface area contributed by atoms with Crippen LogP contribution in [0.15, 0.2) is 22.7 Å². The molecule has 1 N–H and O–H groups in total. The summed E-state index contributed by atoms with van der Waals surface area (Å²) in [7, 11) is 0. The maximum atomic E-state index is 10.8. The molecule has 2 nitrogen and oxygen atoms in total. The molecule has 3 heteroatoms. The SMILES string of the molecule is CC(C)Cc1ccc(Br)c(C(=O)O)c1. The number of halogens is 1. The van der Waals surface area contributed by atoms with Crippen LogP contribution in [-0.2, 0) is 6.42 Å². The molecule has 0 saturated heterocycles. The minimum Gasteiger partial charge on any atom is -0.478 e. The minimum absolute atomic E-state index is 0.336. The van der Waals surface area contributed by atoms with Gasteiger partial charge in [0.15, 0.2) is 0 Å². The van der Waals surface area contributed by atoms with E-state index in [4.69, 9.17) is 5.11 Å². The quantitative estimate of drug-likeness (QED) is 0.901. The predicted molar refractivity (Wildman–Crippen MR) is 59.6 cm³/mol. The summed E-state index contributed by atoms with van der Waals surface area (Å²) in [5.41, 5.74) is 1.41. The summed E-state index contributed by atoms with van der Waals surface area (Å²) in [4.78, 5) is 10.8. The van der Waals surface area contributed by atoms with Gasteiger partial charge in [0, 0.05) is 4.47 Å². The third kappa shape index (κ3) is 2.84. The summed E-state index contributed by atoms with van der Waals surface area (Å²) in [6, 6.07) is 5.48. The van der Waals surface area contributed by atoms with Crippen molar-refractivity contribution < 1.29 is 9.90 Å². The largest absolute Gasteiger partial charge is 0.478 e. The Morgan fingerprint density at radius 1 is 1.50 bits per heavy atom. The highest BCUT2D eigenvalue weighted by Gasteiger charge is 2.09.